The highest BCUT2D eigenvalue weighted by Gasteiger charge is 2.21. The van der Waals surface area contributed by atoms with Gasteiger partial charge in [0.25, 0.3) is 0 Å². The number of hydrogen-bond donors (Lipinski definition) is 0. The number of aryl methyl sites for hydroxylation is 1. The molecule has 1 amide bonds. The fourth-order valence-electron chi connectivity index (χ4n) is 2.66. The second-order valence-corrected chi connectivity index (χ2v) is 5.87. The molecule has 8 nitrogen and oxygen atoms in total. The summed E-state index contributed by atoms with van der Waals surface area (Å²) >= 11 is 0. The summed E-state index contributed by atoms with van der Waals surface area (Å²) < 4.78 is 17.4. The third-order valence-electron chi connectivity index (χ3n) is 4.02. The molecule has 0 saturated carbocycles. The number of esters is 1. The van der Waals surface area contributed by atoms with E-state index in [1.807, 2.05) is 36.0 Å². The van der Waals surface area contributed by atoms with Crippen LogP contribution in [0.25, 0.3) is 0 Å². The van der Waals surface area contributed by atoms with Crippen molar-refractivity contribution in [2.75, 3.05) is 13.4 Å². The van der Waals surface area contributed by atoms with Gasteiger partial charge in [-0.25, -0.2) is 4.98 Å². The first-order chi connectivity index (χ1) is 12.6. The Bertz CT molecular complexity index is 802. The number of hydrogen-bond acceptors (Lipinski definition) is 6. The van der Waals surface area contributed by atoms with Crippen molar-refractivity contribution in [1.29, 1.82) is 0 Å². The van der Waals surface area contributed by atoms with E-state index < -0.39 is 5.97 Å². The molecule has 1 aliphatic rings. The fourth-order valence-corrected chi connectivity index (χ4v) is 2.66. The first-order valence-electron chi connectivity index (χ1n) is 8.35. The van der Waals surface area contributed by atoms with Gasteiger partial charge in [-0.3, -0.25) is 9.59 Å². The van der Waals surface area contributed by atoms with Gasteiger partial charge < -0.3 is 23.7 Å². The first-order valence-corrected chi connectivity index (χ1v) is 8.35. The van der Waals surface area contributed by atoms with E-state index in [0.717, 1.165) is 11.4 Å². The molecule has 1 aromatic heterocycles. The highest BCUT2D eigenvalue weighted by Crippen LogP contribution is 2.33. The maximum atomic E-state index is 12.6. The number of fused-ring (bicyclic) bond motifs is 1. The van der Waals surface area contributed by atoms with E-state index in [9.17, 15) is 9.59 Å². The molecular formula is C18H21N3O5. The average molecular weight is 359 g/mol. The molecule has 3 rings (SSSR count). The second-order valence-electron chi connectivity index (χ2n) is 5.87. The predicted molar refractivity (Wildman–Crippen MR) is 91.3 cm³/mol. The standard InChI is InChI=1S/C18H21N3O5/c1-3-24-18(23)9-17(22)21(11-16-19-6-7-20(16)2)10-13-4-5-14-15(8-13)26-12-25-14/h4-8H,3,9-12H2,1-2H3. The summed E-state index contributed by atoms with van der Waals surface area (Å²) in [7, 11) is 1.86. The highest BCUT2D eigenvalue weighted by molar-refractivity contribution is 5.94. The molecule has 2 aromatic rings. The number of aromatic nitrogens is 2. The molecule has 0 spiro atoms. The van der Waals surface area contributed by atoms with Crippen LogP contribution in [0.1, 0.15) is 24.7 Å². The van der Waals surface area contributed by atoms with Crippen molar-refractivity contribution >= 4 is 11.9 Å². The smallest absolute Gasteiger partial charge is 0.315 e. The fraction of sp³-hybridized carbons (Fsp3) is 0.389. The van der Waals surface area contributed by atoms with E-state index in [4.69, 9.17) is 14.2 Å². The lowest BCUT2D eigenvalue weighted by Crippen LogP contribution is -2.33. The van der Waals surface area contributed by atoms with Crippen molar-refractivity contribution in [2.45, 2.75) is 26.4 Å². The second kappa shape index (κ2) is 7.90. The molecule has 26 heavy (non-hydrogen) atoms. The average Bonchev–Trinajstić information content (AvgIpc) is 3.23. The molecule has 0 radical (unpaired) electrons. The lowest BCUT2D eigenvalue weighted by atomic mass is 10.1. The van der Waals surface area contributed by atoms with Gasteiger partial charge in [-0.1, -0.05) is 6.07 Å². The van der Waals surface area contributed by atoms with E-state index >= 15 is 0 Å². The van der Waals surface area contributed by atoms with Crippen molar-refractivity contribution in [2.24, 2.45) is 7.05 Å². The van der Waals surface area contributed by atoms with Crippen molar-refractivity contribution < 1.29 is 23.8 Å². The minimum Gasteiger partial charge on any atom is -0.466 e. The summed E-state index contributed by atoms with van der Waals surface area (Å²) in [5.74, 6) is 1.21. The van der Waals surface area contributed by atoms with E-state index in [1.54, 1.807) is 18.0 Å². The Kier molecular flexibility index (Phi) is 5.40. The normalized spacial score (nSPS) is 12.1. The molecule has 2 heterocycles. The predicted octanol–water partition coefficient (Wildman–Crippen LogP) is 1.63. The molecule has 0 N–H and O–H groups in total. The quantitative estimate of drug-likeness (QED) is 0.552. The number of carbonyl (C=O) groups excluding carboxylic acids is 2. The molecule has 0 bridgehead atoms. The van der Waals surface area contributed by atoms with Crippen LogP contribution >= 0.6 is 0 Å². The van der Waals surface area contributed by atoms with Gasteiger partial charge in [0.2, 0.25) is 12.7 Å². The molecule has 138 valence electrons. The number of benzene rings is 1. The third-order valence-corrected chi connectivity index (χ3v) is 4.02. The number of carbonyl (C=O) groups is 2. The lowest BCUT2D eigenvalue weighted by molar-refractivity contribution is -0.149. The monoisotopic (exact) mass is 359 g/mol. The SMILES string of the molecule is CCOC(=O)CC(=O)N(Cc1ccc2c(c1)OCO2)Cc1nccn1C. The van der Waals surface area contributed by atoms with Gasteiger partial charge in [-0.05, 0) is 24.6 Å². The van der Waals surface area contributed by atoms with Crippen LogP contribution < -0.4 is 9.47 Å². The lowest BCUT2D eigenvalue weighted by Gasteiger charge is -2.22. The molecule has 1 aliphatic heterocycles. The molecule has 0 fully saturated rings. The van der Waals surface area contributed by atoms with Gasteiger partial charge in [-0.15, -0.1) is 0 Å². The number of nitrogens with zero attached hydrogens (tertiary/aromatic N) is 3. The van der Waals surface area contributed by atoms with Crippen LogP contribution in [-0.2, 0) is 34.5 Å². The number of rotatable bonds is 7. The van der Waals surface area contributed by atoms with Crippen LogP contribution in [0, 0.1) is 0 Å². The maximum absolute atomic E-state index is 12.6. The number of imidazole rings is 1. The summed E-state index contributed by atoms with van der Waals surface area (Å²) in [6, 6.07) is 5.52. The maximum Gasteiger partial charge on any atom is 0.315 e. The molecule has 1 aromatic carbocycles. The zero-order valence-electron chi connectivity index (χ0n) is 14.8. The van der Waals surface area contributed by atoms with Crippen molar-refractivity contribution in [1.82, 2.24) is 14.5 Å². The van der Waals surface area contributed by atoms with Crippen LogP contribution in [0.15, 0.2) is 30.6 Å². The third kappa shape index (κ3) is 4.14. The Morgan fingerprint density at radius 1 is 1.27 bits per heavy atom. The van der Waals surface area contributed by atoms with Crippen LogP contribution in [0.2, 0.25) is 0 Å². The number of amides is 1. The van der Waals surface area contributed by atoms with Crippen molar-refractivity contribution in [3.63, 3.8) is 0 Å². The Morgan fingerprint density at radius 3 is 2.81 bits per heavy atom. The molecule has 0 atom stereocenters. The van der Waals surface area contributed by atoms with Gasteiger partial charge in [0.1, 0.15) is 12.2 Å². The minimum atomic E-state index is -0.534. The highest BCUT2D eigenvalue weighted by atomic mass is 16.7. The van der Waals surface area contributed by atoms with Crippen LogP contribution in [-0.4, -0.2) is 39.7 Å². The van der Waals surface area contributed by atoms with Gasteiger partial charge >= 0.3 is 5.97 Å². The molecule has 0 aliphatic carbocycles. The topological polar surface area (TPSA) is 82.9 Å². The van der Waals surface area contributed by atoms with Crippen LogP contribution in [0.4, 0.5) is 0 Å². The summed E-state index contributed by atoms with van der Waals surface area (Å²) in [4.78, 5) is 30.2. The number of ether oxygens (including phenoxy) is 3. The van der Waals surface area contributed by atoms with Gasteiger partial charge in [-0.2, -0.15) is 0 Å². The summed E-state index contributed by atoms with van der Waals surface area (Å²) in [6.07, 6.45) is 3.18. The van der Waals surface area contributed by atoms with Gasteiger partial charge in [0.05, 0.1) is 13.2 Å². The van der Waals surface area contributed by atoms with E-state index in [1.165, 1.54) is 0 Å². The Labute approximate surface area is 151 Å². The van der Waals surface area contributed by atoms with Crippen LogP contribution in [0.5, 0.6) is 11.5 Å². The summed E-state index contributed by atoms with van der Waals surface area (Å²) in [5.41, 5.74) is 0.876. The molecule has 0 unspecified atom stereocenters. The molecule has 0 saturated heterocycles. The van der Waals surface area contributed by atoms with Crippen molar-refractivity contribution in [3.8, 4) is 11.5 Å². The largest absolute Gasteiger partial charge is 0.466 e. The van der Waals surface area contributed by atoms with Crippen molar-refractivity contribution in [3.05, 3.63) is 42.0 Å². The van der Waals surface area contributed by atoms with Gasteiger partial charge in [0, 0.05) is 26.0 Å². The summed E-state index contributed by atoms with van der Waals surface area (Å²) in [6.45, 7) is 2.75. The molecular weight excluding hydrogens is 338 g/mol. The van der Waals surface area contributed by atoms with Gasteiger partial charge in [0.15, 0.2) is 11.5 Å². The van der Waals surface area contributed by atoms with E-state index in [-0.39, 0.29) is 32.3 Å². The molecule has 8 heteroatoms. The Hall–Kier alpha value is -3.03. The zero-order valence-corrected chi connectivity index (χ0v) is 14.8. The first kappa shape index (κ1) is 17.8. The van der Waals surface area contributed by atoms with E-state index in [2.05, 4.69) is 4.98 Å². The zero-order chi connectivity index (χ0) is 18.5. The summed E-state index contributed by atoms with van der Waals surface area (Å²) in [5, 5.41) is 0. The van der Waals surface area contributed by atoms with E-state index in [0.29, 0.717) is 18.0 Å². The Morgan fingerprint density at radius 2 is 2.08 bits per heavy atom. The Balaban J connectivity index is 1.76. The minimum absolute atomic E-state index is 0.192. The van der Waals surface area contributed by atoms with Crippen LogP contribution in [0.3, 0.4) is 0 Å².